The van der Waals surface area contributed by atoms with Crippen LogP contribution in [0.4, 0.5) is 0 Å². The number of aromatic nitrogens is 4. The Kier molecular flexibility index (Phi) is 1.83. The Labute approximate surface area is 93.0 Å². The van der Waals surface area contributed by atoms with E-state index in [-0.39, 0.29) is 0 Å². The van der Waals surface area contributed by atoms with E-state index < -0.39 is 0 Å². The standard InChI is InChI=1S/C12H12N4/c1-8-6-9(2)16-7-11(15-12(16)14-8)10-4-3-5-13-10/h3-7,13H,1-2H3. The lowest BCUT2D eigenvalue weighted by Gasteiger charge is -1.98. The third kappa shape index (κ3) is 1.31. The molecule has 80 valence electrons. The van der Waals surface area contributed by atoms with E-state index in [4.69, 9.17) is 0 Å². The number of aromatic amines is 1. The Bertz CT molecular complexity index is 634. The Morgan fingerprint density at radius 1 is 1.25 bits per heavy atom. The molecule has 3 rings (SSSR count). The quantitative estimate of drug-likeness (QED) is 0.673. The van der Waals surface area contributed by atoms with Crippen molar-refractivity contribution in [3.8, 4) is 11.4 Å². The molecular weight excluding hydrogens is 200 g/mol. The normalized spacial score (nSPS) is 11.1. The minimum atomic E-state index is 0.752. The van der Waals surface area contributed by atoms with Gasteiger partial charge in [-0.05, 0) is 32.0 Å². The van der Waals surface area contributed by atoms with Crippen molar-refractivity contribution >= 4 is 5.78 Å². The molecule has 0 unspecified atom stereocenters. The summed E-state index contributed by atoms with van der Waals surface area (Å²) in [6.07, 6.45) is 3.90. The Morgan fingerprint density at radius 3 is 2.88 bits per heavy atom. The van der Waals surface area contributed by atoms with Gasteiger partial charge in [0.15, 0.2) is 0 Å². The molecule has 0 bridgehead atoms. The summed E-state index contributed by atoms with van der Waals surface area (Å²) in [4.78, 5) is 12.0. The molecule has 0 aliphatic rings. The van der Waals surface area contributed by atoms with Crippen LogP contribution >= 0.6 is 0 Å². The zero-order valence-electron chi connectivity index (χ0n) is 9.23. The number of imidazole rings is 1. The summed E-state index contributed by atoms with van der Waals surface area (Å²) >= 11 is 0. The Balaban J connectivity index is 2.27. The molecule has 0 fully saturated rings. The van der Waals surface area contributed by atoms with Crippen LogP contribution in [0.1, 0.15) is 11.4 Å². The lowest BCUT2D eigenvalue weighted by molar-refractivity contribution is 1.01. The molecule has 0 aromatic carbocycles. The van der Waals surface area contributed by atoms with Gasteiger partial charge in [-0.2, -0.15) is 0 Å². The molecule has 0 aliphatic carbocycles. The van der Waals surface area contributed by atoms with Gasteiger partial charge in [-0.15, -0.1) is 0 Å². The summed E-state index contributed by atoms with van der Waals surface area (Å²) in [5, 5.41) is 0. The first-order valence-electron chi connectivity index (χ1n) is 5.21. The predicted molar refractivity (Wildman–Crippen MR) is 62.2 cm³/mol. The number of fused-ring (bicyclic) bond motifs is 1. The molecule has 0 saturated heterocycles. The number of nitrogens with zero attached hydrogens (tertiary/aromatic N) is 3. The second-order valence-electron chi connectivity index (χ2n) is 3.92. The number of hydrogen-bond donors (Lipinski definition) is 1. The molecule has 4 heteroatoms. The fraction of sp³-hybridized carbons (Fsp3) is 0.167. The van der Waals surface area contributed by atoms with Crippen LogP contribution in [-0.2, 0) is 0 Å². The van der Waals surface area contributed by atoms with Gasteiger partial charge in [0.05, 0.1) is 5.69 Å². The lowest BCUT2D eigenvalue weighted by atomic mass is 10.3. The number of aryl methyl sites for hydroxylation is 2. The average molecular weight is 212 g/mol. The highest BCUT2D eigenvalue weighted by Crippen LogP contribution is 2.17. The number of nitrogens with one attached hydrogen (secondary N) is 1. The smallest absolute Gasteiger partial charge is 0.234 e. The molecule has 0 amide bonds. The van der Waals surface area contributed by atoms with Crippen molar-refractivity contribution in [2.75, 3.05) is 0 Å². The number of H-pyrrole nitrogens is 1. The third-order valence-electron chi connectivity index (χ3n) is 2.64. The van der Waals surface area contributed by atoms with Gasteiger partial charge in [0.25, 0.3) is 0 Å². The maximum atomic E-state index is 4.50. The highest BCUT2D eigenvalue weighted by molar-refractivity contribution is 5.57. The zero-order valence-corrected chi connectivity index (χ0v) is 9.23. The molecule has 0 saturated carbocycles. The first kappa shape index (κ1) is 9.15. The van der Waals surface area contributed by atoms with Crippen molar-refractivity contribution in [2.24, 2.45) is 0 Å². The molecular formula is C12H12N4. The molecule has 0 atom stereocenters. The molecule has 16 heavy (non-hydrogen) atoms. The van der Waals surface area contributed by atoms with Crippen LogP contribution in [-0.4, -0.2) is 19.4 Å². The van der Waals surface area contributed by atoms with Gasteiger partial charge in [0.2, 0.25) is 5.78 Å². The van der Waals surface area contributed by atoms with Gasteiger partial charge in [-0.25, -0.2) is 9.97 Å². The van der Waals surface area contributed by atoms with E-state index in [0.717, 1.165) is 28.6 Å². The van der Waals surface area contributed by atoms with Crippen molar-refractivity contribution in [3.05, 3.63) is 42.0 Å². The number of rotatable bonds is 1. The second kappa shape index (κ2) is 3.20. The SMILES string of the molecule is Cc1cc(C)n2cc(-c3ccc[nH]3)nc2n1. The first-order valence-corrected chi connectivity index (χ1v) is 5.21. The average Bonchev–Trinajstić information content (AvgIpc) is 2.82. The van der Waals surface area contributed by atoms with E-state index in [9.17, 15) is 0 Å². The summed E-state index contributed by atoms with van der Waals surface area (Å²) in [5.74, 6) is 0.752. The van der Waals surface area contributed by atoms with Crippen LogP contribution < -0.4 is 0 Å². The van der Waals surface area contributed by atoms with Crippen molar-refractivity contribution in [1.82, 2.24) is 19.4 Å². The largest absolute Gasteiger partial charge is 0.360 e. The highest BCUT2D eigenvalue weighted by Gasteiger charge is 2.07. The summed E-state index contributed by atoms with van der Waals surface area (Å²) in [6.45, 7) is 4.04. The van der Waals surface area contributed by atoms with Crippen LogP contribution in [0.3, 0.4) is 0 Å². The lowest BCUT2D eigenvalue weighted by Crippen LogP contribution is -1.94. The van der Waals surface area contributed by atoms with E-state index in [1.807, 2.05) is 41.9 Å². The summed E-state index contributed by atoms with van der Waals surface area (Å²) < 4.78 is 2.00. The van der Waals surface area contributed by atoms with Gasteiger partial charge < -0.3 is 4.98 Å². The molecule has 0 radical (unpaired) electrons. The Morgan fingerprint density at radius 2 is 2.12 bits per heavy atom. The van der Waals surface area contributed by atoms with Crippen molar-refractivity contribution < 1.29 is 0 Å². The van der Waals surface area contributed by atoms with Crippen LogP contribution in [0, 0.1) is 13.8 Å². The molecule has 3 heterocycles. The van der Waals surface area contributed by atoms with Crippen molar-refractivity contribution in [3.63, 3.8) is 0 Å². The van der Waals surface area contributed by atoms with E-state index in [1.54, 1.807) is 0 Å². The van der Waals surface area contributed by atoms with Crippen LogP contribution in [0.25, 0.3) is 17.2 Å². The minimum Gasteiger partial charge on any atom is -0.360 e. The topological polar surface area (TPSA) is 46.0 Å². The second-order valence-corrected chi connectivity index (χ2v) is 3.92. The van der Waals surface area contributed by atoms with Crippen LogP contribution in [0.5, 0.6) is 0 Å². The molecule has 4 nitrogen and oxygen atoms in total. The molecule has 3 aromatic rings. The maximum Gasteiger partial charge on any atom is 0.234 e. The van der Waals surface area contributed by atoms with Gasteiger partial charge in [-0.1, -0.05) is 0 Å². The highest BCUT2D eigenvalue weighted by atomic mass is 15.1. The molecule has 1 N–H and O–H groups in total. The maximum absolute atomic E-state index is 4.50. The zero-order chi connectivity index (χ0) is 11.1. The first-order chi connectivity index (χ1) is 7.74. The summed E-state index contributed by atoms with van der Waals surface area (Å²) in [6, 6.07) is 6.02. The Hall–Kier alpha value is -2.10. The van der Waals surface area contributed by atoms with E-state index in [2.05, 4.69) is 21.9 Å². The van der Waals surface area contributed by atoms with Crippen molar-refractivity contribution in [1.29, 1.82) is 0 Å². The fourth-order valence-electron chi connectivity index (χ4n) is 1.89. The summed E-state index contributed by atoms with van der Waals surface area (Å²) in [7, 11) is 0. The third-order valence-corrected chi connectivity index (χ3v) is 2.64. The predicted octanol–water partition coefficient (Wildman–Crippen LogP) is 2.34. The van der Waals surface area contributed by atoms with Gasteiger partial charge in [0.1, 0.15) is 5.69 Å². The summed E-state index contributed by atoms with van der Waals surface area (Å²) in [5.41, 5.74) is 4.08. The van der Waals surface area contributed by atoms with E-state index in [1.165, 1.54) is 0 Å². The van der Waals surface area contributed by atoms with Gasteiger partial charge in [0, 0.05) is 23.8 Å². The molecule has 0 spiro atoms. The minimum absolute atomic E-state index is 0.752. The molecule has 0 aliphatic heterocycles. The van der Waals surface area contributed by atoms with E-state index in [0.29, 0.717) is 0 Å². The van der Waals surface area contributed by atoms with Crippen molar-refractivity contribution in [2.45, 2.75) is 13.8 Å². The van der Waals surface area contributed by atoms with Crippen LogP contribution in [0.2, 0.25) is 0 Å². The van der Waals surface area contributed by atoms with E-state index >= 15 is 0 Å². The van der Waals surface area contributed by atoms with Gasteiger partial charge >= 0.3 is 0 Å². The molecule has 3 aromatic heterocycles. The van der Waals surface area contributed by atoms with Crippen LogP contribution in [0.15, 0.2) is 30.6 Å². The number of hydrogen-bond acceptors (Lipinski definition) is 2. The van der Waals surface area contributed by atoms with Gasteiger partial charge in [-0.3, -0.25) is 4.40 Å². The fourth-order valence-corrected chi connectivity index (χ4v) is 1.89. The monoisotopic (exact) mass is 212 g/mol.